The van der Waals surface area contributed by atoms with Gasteiger partial charge in [-0.25, -0.2) is 9.97 Å². The molecule has 31 heavy (non-hydrogen) atoms. The van der Waals surface area contributed by atoms with Crippen LogP contribution in [0.1, 0.15) is 23.9 Å². The van der Waals surface area contributed by atoms with Crippen molar-refractivity contribution in [3.63, 3.8) is 0 Å². The average Bonchev–Trinajstić information content (AvgIpc) is 3.01. The third kappa shape index (κ3) is 3.64. The molecule has 2 saturated heterocycles. The summed E-state index contributed by atoms with van der Waals surface area (Å²) in [6, 6.07) is 2.12. The zero-order valence-corrected chi connectivity index (χ0v) is 19.3. The lowest BCUT2D eigenvalue weighted by Gasteiger charge is -2.56. The van der Waals surface area contributed by atoms with Crippen molar-refractivity contribution < 1.29 is 0 Å². The molecule has 0 radical (unpaired) electrons. The molecule has 8 heteroatoms. The van der Waals surface area contributed by atoms with Crippen molar-refractivity contribution in [3.05, 3.63) is 53.0 Å². The standard InChI is InChI=1S/C23H25ClN6S/c1-4-6-7-17-14(3)8-15(9-26-17)31-22-28-20-18(19(24)16(5-2)27-20)21(29-22)30-12-23(13-30)10-25-11-23/h4,6-9,25H,1,5,10-13H2,2-3H3,(H,27,28,29)/b7-6-. The second-order valence-corrected chi connectivity index (χ2v) is 9.77. The molecule has 0 bridgehead atoms. The molecular weight excluding hydrogens is 428 g/mol. The highest BCUT2D eigenvalue weighted by molar-refractivity contribution is 7.99. The molecule has 5 heterocycles. The molecule has 3 aromatic heterocycles. The Balaban J connectivity index is 1.50. The predicted molar refractivity (Wildman–Crippen MR) is 128 cm³/mol. The number of aryl methyl sites for hydroxylation is 2. The molecule has 3 aromatic rings. The molecule has 2 aliphatic heterocycles. The van der Waals surface area contributed by atoms with Gasteiger partial charge < -0.3 is 15.2 Å². The van der Waals surface area contributed by atoms with Gasteiger partial charge in [0, 0.05) is 48.4 Å². The third-order valence-electron chi connectivity index (χ3n) is 6.02. The van der Waals surface area contributed by atoms with Crippen LogP contribution in [-0.2, 0) is 6.42 Å². The number of allylic oxidation sites excluding steroid dienone is 2. The molecular formula is C23H25ClN6S. The Hall–Kier alpha value is -2.35. The van der Waals surface area contributed by atoms with E-state index in [9.17, 15) is 0 Å². The second-order valence-electron chi connectivity index (χ2n) is 8.35. The first kappa shape index (κ1) is 20.5. The first-order valence-electron chi connectivity index (χ1n) is 10.5. The van der Waals surface area contributed by atoms with Crippen LogP contribution in [0, 0.1) is 12.3 Å². The number of H-pyrrole nitrogens is 1. The molecule has 2 fully saturated rings. The highest BCUT2D eigenvalue weighted by Crippen LogP contribution is 2.42. The number of halogens is 1. The van der Waals surface area contributed by atoms with Crippen LogP contribution in [0.4, 0.5) is 5.82 Å². The number of hydrogen-bond acceptors (Lipinski definition) is 6. The van der Waals surface area contributed by atoms with Gasteiger partial charge in [-0.2, -0.15) is 0 Å². The Morgan fingerprint density at radius 2 is 2.13 bits per heavy atom. The van der Waals surface area contributed by atoms with Gasteiger partial charge in [0.1, 0.15) is 11.5 Å². The van der Waals surface area contributed by atoms with E-state index in [0.717, 1.165) is 76.3 Å². The fourth-order valence-electron chi connectivity index (χ4n) is 4.26. The van der Waals surface area contributed by atoms with E-state index >= 15 is 0 Å². The second kappa shape index (κ2) is 7.97. The molecule has 160 valence electrons. The first-order valence-corrected chi connectivity index (χ1v) is 11.7. The van der Waals surface area contributed by atoms with Crippen LogP contribution in [0.3, 0.4) is 0 Å². The minimum absolute atomic E-state index is 0.400. The summed E-state index contributed by atoms with van der Waals surface area (Å²) in [6.45, 7) is 12.0. The number of aromatic amines is 1. The lowest BCUT2D eigenvalue weighted by atomic mass is 9.74. The number of aromatic nitrogens is 4. The molecule has 1 spiro atoms. The van der Waals surface area contributed by atoms with Crippen molar-refractivity contribution in [2.45, 2.75) is 30.3 Å². The Kier molecular flexibility index (Phi) is 5.28. The van der Waals surface area contributed by atoms with Gasteiger partial charge in [0.15, 0.2) is 5.16 Å². The van der Waals surface area contributed by atoms with E-state index in [1.807, 2.05) is 18.3 Å². The summed E-state index contributed by atoms with van der Waals surface area (Å²) >= 11 is 8.24. The topological polar surface area (TPSA) is 69.7 Å². The van der Waals surface area contributed by atoms with E-state index in [1.165, 1.54) is 11.8 Å². The quantitative estimate of drug-likeness (QED) is 0.419. The third-order valence-corrected chi connectivity index (χ3v) is 7.26. The number of hydrogen-bond donors (Lipinski definition) is 2. The van der Waals surface area contributed by atoms with Gasteiger partial charge in [0.2, 0.25) is 0 Å². The van der Waals surface area contributed by atoms with Gasteiger partial charge in [-0.05, 0) is 42.8 Å². The summed E-state index contributed by atoms with van der Waals surface area (Å²) < 4.78 is 0. The summed E-state index contributed by atoms with van der Waals surface area (Å²) in [6.07, 6.45) is 8.29. The maximum Gasteiger partial charge on any atom is 0.196 e. The van der Waals surface area contributed by atoms with Crippen LogP contribution < -0.4 is 10.2 Å². The fraction of sp³-hybridized carbons (Fsp3) is 0.348. The van der Waals surface area contributed by atoms with Gasteiger partial charge in [0.25, 0.3) is 0 Å². The summed E-state index contributed by atoms with van der Waals surface area (Å²) in [5.41, 5.74) is 4.24. The monoisotopic (exact) mass is 452 g/mol. The number of nitrogens with one attached hydrogen (secondary N) is 2. The van der Waals surface area contributed by atoms with E-state index < -0.39 is 0 Å². The van der Waals surface area contributed by atoms with Crippen LogP contribution in [0.25, 0.3) is 17.1 Å². The lowest BCUT2D eigenvalue weighted by Crippen LogP contribution is -2.71. The number of rotatable bonds is 6. The van der Waals surface area contributed by atoms with E-state index in [4.69, 9.17) is 21.6 Å². The lowest BCUT2D eigenvalue weighted by molar-refractivity contribution is 0.120. The molecule has 0 unspecified atom stereocenters. The number of fused-ring (bicyclic) bond motifs is 1. The van der Waals surface area contributed by atoms with E-state index in [-0.39, 0.29) is 0 Å². The fourth-order valence-corrected chi connectivity index (χ4v) is 5.43. The molecule has 0 atom stereocenters. The van der Waals surface area contributed by atoms with Crippen LogP contribution in [0.2, 0.25) is 5.02 Å². The van der Waals surface area contributed by atoms with Crippen molar-refractivity contribution in [2.24, 2.45) is 5.41 Å². The van der Waals surface area contributed by atoms with Gasteiger partial charge in [-0.3, -0.25) is 4.98 Å². The maximum atomic E-state index is 6.72. The van der Waals surface area contributed by atoms with Crippen LogP contribution in [-0.4, -0.2) is 46.1 Å². The summed E-state index contributed by atoms with van der Waals surface area (Å²) in [4.78, 5) is 21.1. The minimum atomic E-state index is 0.400. The van der Waals surface area contributed by atoms with Crippen molar-refractivity contribution >= 4 is 46.3 Å². The van der Waals surface area contributed by atoms with E-state index in [0.29, 0.717) is 10.6 Å². The molecule has 6 nitrogen and oxygen atoms in total. The Bertz CT molecular complexity index is 1190. The van der Waals surface area contributed by atoms with Crippen LogP contribution >= 0.6 is 23.4 Å². The molecule has 0 aromatic carbocycles. The SMILES string of the molecule is C=C/C=C\c1ncc(Sc2nc(N3CC4(CNC4)C3)c3c(Cl)c(CC)[nH]c3n2)cc1C. The van der Waals surface area contributed by atoms with Crippen molar-refractivity contribution in [1.29, 1.82) is 0 Å². The van der Waals surface area contributed by atoms with Crippen LogP contribution in [0.15, 0.2) is 41.0 Å². The van der Waals surface area contributed by atoms with Gasteiger partial charge in [-0.15, -0.1) is 0 Å². The highest BCUT2D eigenvalue weighted by atomic mass is 35.5. The van der Waals surface area contributed by atoms with Crippen molar-refractivity contribution in [2.75, 3.05) is 31.1 Å². The average molecular weight is 453 g/mol. The first-order chi connectivity index (χ1) is 15.0. The van der Waals surface area contributed by atoms with E-state index in [2.05, 4.69) is 46.7 Å². The van der Waals surface area contributed by atoms with Crippen molar-refractivity contribution in [3.8, 4) is 0 Å². The van der Waals surface area contributed by atoms with Gasteiger partial charge in [-0.1, -0.05) is 37.3 Å². The minimum Gasteiger partial charge on any atom is -0.354 e. The summed E-state index contributed by atoms with van der Waals surface area (Å²) in [5, 5.41) is 5.77. The van der Waals surface area contributed by atoms with Crippen LogP contribution in [0.5, 0.6) is 0 Å². The van der Waals surface area contributed by atoms with Crippen molar-refractivity contribution in [1.82, 2.24) is 25.3 Å². The Morgan fingerprint density at radius 3 is 2.77 bits per heavy atom. The highest BCUT2D eigenvalue weighted by Gasteiger charge is 2.48. The normalized spacial score (nSPS) is 17.3. The van der Waals surface area contributed by atoms with E-state index in [1.54, 1.807) is 6.08 Å². The Morgan fingerprint density at radius 1 is 1.32 bits per heavy atom. The smallest absolute Gasteiger partial charge is 0.196 e. The number of pyridine rings is 1. The van der Waals surface area contributed by atoms with Gasteiger partial charge in [0.05, 0.1) is 16.1 Å². The zero-order valence-electron chi connectivity index (χ0n) is 17.7. The molecule has 5 rings (SSSR count). The maximum absolute atomic E-state index is 6.72. The molecule has 2 aliphatic rings. The largest absolute Gasteiger partial charge is 0.354 e. The number of nitrogens with zero attached hydrogens (tertiary/aromatic N) is 4. The summed E-state index contributed by atoms with van der Waals surface area (Å²) in [7, 11) is 0. The molecule has 0 amide bonds. The molecule has 0 saturated carbocycles. The summed E-state index contributed by atoms with van der Waals surface area (Å²) in [5.74, 6) is 0.932. The number of anilines is 1. The zero-order chi connectivity index (χ0) is 21.6. The predicted octanol–water partition coefficient (Wildman–Crippen LogP) is 4.64. The molecule has 2 N–H and O–H groups in total. The van der Waals surface area contributed by atoms with Gasteiger partial charge >= 0.3 is 0 Å². The Labute approximate surface area is 191 Å². The molecule has 0 aliphatic carbocycles.